The minimum Gasteiger partial charge on any atom is -0.357 e. The van der Waals surface area contributed by atoms with E-state index in [2.05, 4.69) is 10.3 Å². The Morgan fingerprint density at radius 2 is 1.76 bits per heavy atom. The lowest BCUT2D eigenvalue weighted by Crippen LogP contribution is -2.45. The first-order chi connectivity index (χ1) is 11.5. The lowest BCUT2D eigenvalue weighted by molar-refractivity contribution is -0.131. The summed E-state index contributed by atoms with van der Waals surface area (Å²) in [7, 11) is 1.86. The number of halogens is 2. The number of aliphatic imine (C=N–C) groups is 1. The van der Waals surface area contributed by atoms with Gasteiger partial charge in [0, 0.05) is 33.2 Å². The second kappa shape index (κ2) is 12.9. The number of amides is 1. The van der Waals surface area contributed by atoms with Crippen LogP contribution in [0.1, 0.15) is 26.3 Å². The number of rotatable bonds is 8. The summed E-state index contributed by atoms with van der Waals surface area (Å²) >= 11 is 0. The summed E-state index contributed by atoms with van der Waals surface area (Å²) in [6.07, 6.45) is 0.729. The van der Waals surface area contributed by atoms with Crippen molar-refractivity contribution in [2.75, 3.05) is 39.8 Å². The molecule has 1 rings (SSSR count). The SMILES string of the molecule is CCNC(=NCCc1ccc(F)cc1)N(C)CC(=O)N(CC)CC.I. The molecule has 1 aromatic carbocycles. The molecule has 0 fully saturated rings. The maximum atomic E-state index is 12.9. The number of guanidine groups is 1. The summed E-state index contributed by atoms with van der Waals surface area (Å²) in [5, 5.41) is 3.20. The summed E-state index contributed by atoms with van der Waals surface area (Å²) in [6, 6.07) is 6.45. The van der Waals surface area contributed by atoms with Crippen molar-refractivity contribution in [2.24, 2.45) is 4.99 Å². The number of carbonyl (C=O) groups is 1. The molecule has 0 saturated heterocycles. The molecular weight excluding hydrogens is 434 g/mol. The molecule has 0 spiro atoms. The zero-order chi connectivity index (χ0) is 17.9. The second-order valence-electron chi connectivity index (χ2n) is 5.53. The molecule has 0 aromatic heterocycles. The van der Waals surface area contributed by atoms with Gasteiger partial charge in [-0.15, -0.1) is 24.0 Å². The molecule has 0 radical (unpaired) electrons. The van der Waals surface area contributed by atoms with Gasteiger partial charge in [-0.05, 0) is 44.9 Å². The van der Waals surface area contributed by atoms with E-state index in [1.165, 1.54) is 12.1 Å². The number of hydrogen-bond donors (Lipinski definition) is 1. The van der Waals surface area contributed by atoms with Crippen LogP contribution in [-0.2, 0) is 11.2 Å². The van der Waals surface area contributed by atoms with Crippen molar-refractivity contribution in [1.29, 1.82) is 0 Å². The van der Waals surface area contributed by atoms with Crippen molar-refractivity contribution in [3.05, 3.63) is 35.6 Å². The van der Waals surface area contributed by atoms with Crippen LogP contribution in [0, 0.1) is 5.82 Å². The van der Waals surface area contributed by atoms with E-state index in [0.29, 0.717) is 32.1 Å². The van der Waals surface area contributed by atoms with Crippen LogP contribution in [0.4, 0.5) is 4.39 Å². The molecule has 0 bridgehead atoms. The number of benzene rings is 1. The number of likely N-dealkylation sites (N-methyl/N-ethyl adjacent to an activating group) is 2. The predicted octanol–water partition coefficient (Wildman–Crippen LogP) is 2.75. The molecule has 7 heteroatoms. The first-order valence-electron chi connectivity index (χ1n) is 8.53. The minimum absolute atomic E-state index is 0. The van der Waals surface area contributed by atoms with Gasteiger partial charge in [-0.2, -0.15) is 0 Å². The topological polar surface area (TPSA) is 47.9 Å². The lowest BCUT2D eigenvalue weighted by atomic mass is 10.1. The molecule has 0 unspecified atom stereocenters. The maximum absolute atomic E-state index is 12.9. The van der Waals surface area contributed by atoms with Crippen molar-refractivity contribution in [3.63, 3.8) is 0 Å². The molecule has 1 aromatic rings. The molecular formula is C18H30FIN4O. The van der Waals surface area contributed by atoms with E-state index in [9.17, 15) is 9.18 Å². The molecule has 1 N–H and O–H groups in total. The fraction of sp³-hybridized carbons (Fsp3) is 0.556. The van der Waals surface area contributed by atoms with Crippen LogP contribution in [0.2, 0.25) is 0 Å². The molecule has 0 atom stereocenters. The van der Waals surface area contributed by atoms with E-state index in [-0.39, 0.29) is 35.7 Å². The van der Waals surface area contributed by atoms with E-state index in [1.807, 2.05) is 32.7 Å². The quantitative estimate of drug-likeness (QED) is 0.366. The highest BCUT2D eigenvalue weighted by atomic mass is 127. The fourth-order valence-corrected chi connectivity index (χ4v) is 2.37. The van der Waals surface area contributed by atoms with E-state index in [1.54, 1.807) is 17.0 Å². The lowest BCUT2D eigenvalue weighted by Gasteiger charge is -2.25. The Labute approximate surface area is 167 Å². The summed E-state index contributed by atoms with van der Waals surface area (Å²) < 4.78 is 12.9. The summed E-state index contributed by atoms with van der Waals surface area (Å²) in [5.74, 6) is 0.567. The van der Waals surface area contributed by atoms with Gasteiger partial charge in [0.05, 0.1) is 6.54 Å². The average Bonchev–Trinajstić information content (AvgIpc) is 2.56. The standard InChI is InChI=1S/C18H29FN4O.HI/c1-5-20-18(22(4)14-17(24)23(6-2)7-3)21-13-12-15-8-10-16(19)11-9-15;/h8-11H,5-7,12-14H2,1-4H3,(H,20,21);1H. The van der Waals surface area contributed by atoms with Crippen molar-refractivity contribution in [3.8, 4) is 0 Å². The molecule has 25 heavy (non-hydrogen) atoms. The van der Waals surface area contributed by atoms with E-state index >= 15 is 0 Å². The second-order valence-corrected chi connectivity index (χ2v) is 5.53. The summed E-state index contributed by atoms with van der Waals surface area (Å²) in [5.41, 5.74) is 1.04. The smallest absolute Gasteiger partial charge is 0.242 e. The minimum atomic E-state index is -0.231. The van der Waals surface area contributed by atoms with Gasteiger partial charge in [0.15, 0.2) is 5.96 Å². The van der Waals surface area contributed by atoms with Crippen molar-refractivity contribution < 1.29 is 9.18 Å². The molecule has 0 aliphatic heterocycles. The van der Waals surface area contributed by atoms with Gasteiger partial charge in [0.1, 0.15) is 5.82 Å². The Hall–Kier alpha value is -1.38. The Kier molecular flexibility index (Phi) is 12.2. The van der Waals surface area contributed by atoms with Crippen LogP contribution in [0.15, 0.2) is 29.3 Å². The monoisotopic (exact) mass is 464 g/mol. The number of carbonyl (C=O) groups excluding carboxylic acids is 1. The Bertz CT molecular complexity index is 532. The average molecular weight is 464 g/mol. The van der Waals surface area contributed by atoms with Crippen molar-refractivity contribution in [2.45, 2.75) is 27.2 Å². The van der Waals surface area contributed by atoms with Crippen LogP contribution >= 0.6 is 24.0 Å². The van der Waals surface area contributed by atoms with Crippen LogP contribution < -0.4 is 5.32 Å². The van der Waals surface area contributed by atoms with Gasteiger partial charge < -0.3 is 15.1 Å². The summed E-state index contributed by atoms with van der Waals surface area (Å²) in [6.45, 7) is 8.98. The normalized spacial score (nSPS) is 10.8. The van der Waals surface area contributed by atoms with Gasteiger partial charge in [-0.1, -0.05) is 12.1 Å². The van der Waals surface area contributed by atoms with Crippen molar-refractivity contribution in [1.82, 2.24) is 15.1 Å². The van der Waals surface area contributed by atoms with Gasteiger partial charge in [-0.3, -0.25) is 9.79 Å². The highest BCUT2D eigenvalue weighted by Crippen LogP contribution is 2.04. The van der Waals surface area contributed by atoms with Crippen LogP contribution in [0.25, 0.3) is 0 Å². The third kappa shape index (κ3) is 8.51. The third-order valence-corrected chi connectivity index (χ3v) is 3.76. The van der Waals surface area contributed by atoms with Crippen molar-refractivity contribution >= 4 is 35.8 Å². The van der Waals surface area contributed by atoms with E-state index < -0.39 is 0 Å². The Balaban J connectivity index is 0.00000576. The van der Waals surface area contributed by atoms with Crippen LogP contribution in [0.5, 0.6) is 0 Å². The fourth-order valence-electron chi connectivity index (χ4n) is 2.37. The molecule has 0 heterocycles. The highest BCUT2D eigenvalue weighted by Gasteiger charge is 2.14. The first kappa shape index (κ1) is 23.6. The van der Waals surface area contributed by atoms with E-state index in [0.717, 1.165) is 18.5 Å². The Morgan fingerprint density at radius 3 is 2.28 bits per heavy atom. The zero-order valence-corrected chi connectivity index (χ0v) is 17.9. The summed E-state index contributed by atoms with van der Waals surface area (Å²) in [4.78, 5) is 20.4. The highest BCUT2D eigenvalue weighted by molar-refractivity contribution is 14.0. The number of hydrogen-bond acceptors (Lipinski definition) is 2. The molecule has 0 aliphatic carbocycles. The third-order valence-electron chi connectivity index (χ3n) is 3.76. The van der Waals surface area contributed by atoms with Gasteiger partial charge in [0.25, 0.3) is 0 Å². The largest absolute Gasteiger partial charge is 0.357 e. The molecule has 0 aliphatic rings. The van der Waals surface area contributed by atoms with Gasteiger partial charge in [-0.25, -0.2) is 4.39 Å². The zero-order valence-electron chi connectivity index (χ0n) is 15.6. The maximum Gasteiger partial charge on any atom is 0.242 e. The number of nitrogens with one attached hydrogen (secondary N) is 1. The Morgan fingerprint density at radius 1 is 1.16 bits per heavy atom. The molecule has 5 nitrogen and oxygen atoms in total. The molecule has 142 valence electrons. The van der Waals surface area contributed by atoms with Gasteiger partial charge in [0.2, 0.25) is 5.91 Å². The van der Waals surface area contributed by atoms with Crippen LogP contribution in [0.3, 0.4) is 0 Å². The number of nitrogens with zero attached hydrogens (tertiary/aromatic N) is 3. The first-order valence-corrected chi connectivity index (χ1v) is 8.53. The molecule has 0 saturated carbocycles. The molecule has 1 amide bonds. The van der Waals surface area contributed by atoms with E-state index in [4.69, 9.17) is 0 Å². The van der Waals surface area contributed by atoms with Crippen LogP contribution in [-0.4, -0.2) is 61.4 Å². The predicted molar refractivity (Wildman–Crippen MR) is 112 cm³/mol. The van der Waals surface area contributed by atoms with Gasteiger partial charge >= 0.3 is 0 Å².